The van der Waals surface area contributed by atoms with Gasteiger partial charge in [-0.05, 0) is 50.7 Å². The minimum atomic E-state index is -1.22. The standard InChI is InChI=1S/C27H38N4O6/c1-6-15(2)22(30-27(3,4)5)25(36)29-19-11-10-16-8-7-9-17-12-20(31(23(16)17)26(19)37)24(35)28-18(14-32)13-21(33)34/h7-9,14-15,18-20,22,30H,6,10-13H2,1-5H3,(H,28,35)(H,29,36)(H,33,34)/t15-,18-,19?,20-,22-/m0/s1. The molecule has 202 valence electrons. The minimum absolute atomic E-state index is 0.0312. The molecule has 10 nitrogen and oxygen atoms in total. The number of aryl methyl sites for hydroxylation is 1. The Morgan fingerprint density at radius 3 is 2.49 bits per heavy atom. The number of carboxylic acids is 1. The lowest BCUT2D eigenvalue weighted by Gasteiger charge is -2.33. The van der Waals surface area contributed by atoms with E-state index in [1.165, 1.54) is 4.90 Å². The second kappa shape index (κ2) is 11.4. The van der Waals surface area contributed by atoms with E-state index in [4.69, 9.17) is 5.11 Å². The maximum absolute atomic E-state index is 13.9. The predicted octanol–water partition coefficient (Wildman–Crippen LogP) is 1.34. The highest BCUT2D eigenvalue weighted by Crippen LogP contribution is 2.39. The summed E-state index contributed by atoms with van der Waals surface area (Å²) in [7, 11) is 0. The van der Waals surface area contributed by atoms with Crippen LogP contribution in [0.3, 0.4) is 0 Å². The van der Waals surface area contributed by atoms with Gasteiger partial charge in [-0.2, -0.15) is 0 Å². The molecule has 0 aromatic heterocycles. The number of aldehydes is 1. The molecule has 2 heterocycles. The fourth-order valence-corrected chi connectivity index (χ4v) is 5.00. The van der Waals surface area contributed by atoms with Gasteiger partial charge < -0.3 is 25.9 Å². The summed E-state index contributed by atoms with van der Waals surface area (Å²) in [6.07, 6.45) is 1.76. The van der Waals surface area contributed by atoms with E-state index in [1.807, 2.05) is 52.8 Å². The number of carbonyl (C=O) groups is 5. The molecule has 1 aromatic rings. The molecule has 10 heteroatoms. The molecule has 0 bridgehead atoms. The van der Waals surface area contributed by atoms with Gasteiger partial charge in [0.05, 0.1) is 24.2 Å². The number of carboxylic acid groups (broad SMARTS) is 1. The number of nitrogens with one attached hydrogen (secondary N) is 3. The van der Waals surface area contributed by atoms with Crippen LogP contribution >= 0.6 is 0 Å². The van der Waals surface area contributed by atoms with Gasteiger partial charge in [-0.15, -0.1) is 0 Å². The molecule has 3 amide bonds. The first-order chi connectivity index (χ1) is 17.4. The van der Waals surface area contributed by atoms with Crippen molar-refractivity contribution in [3.8, 4) is 0 Å². The summed E-state index contributed by atoms with van der Waals surface area (Å²) in [5.41, 5.74) is 2.08. The highest BCUT2D eigenvalue weighted by molar-refractivity contribution is 6.08. The number of aliphatic carboxylic acids is 1. The van der Waals surface area contributed by atoms with Crippen LogP contribution in [-0.4, -0.2) is 64.8 Å². The first kappa shape index (κ1) is 28.3. The topological polar surface area (TPSA) is 145 Å². The van der Waals surface area contributed by atoms with E-state index in [-0.39, 0.29) is 23.8 Å². The van der Waals surface area contributed by atoms with Gasteiger partial charge in [0, 0.05) is 12.0 Å². The highest BCUT2D eigenvalue weighted by atomic mass is 16.4. The van der Waals surface area contributed by atoms with E-state index < -0.39 is 48.4 Å². The summed E-state index contributed by atoms with van der Waals surface area (Å²) in [6.45, 7) is 9.94. The first-order valence-electron chi connectivity index (χ1n) is 12.9. The summed E-state index contributed by atoms with van der Waals surface area (Å²) in [5.74, 6) is -2.45. The van der Waals surface area contributed by atoms with Crippen LogP contribution in [-0.2, 0) is 36.8 Å². The monoisotopic (exact) mass is 514 g/mol. The first-order valence-corrected chi connectivity index (χ1v) is 12.9. The summed E-state index contributed by atoms with van der Waals surface area (Å²) in [4.78, 5) is 64.3. The number of amides is 3. The fraction of sp³-hybridized carbons (Fsp3) is 0.593. The van der Waals surface area contributed by atoms with Crippen molar-refractivity contribution in [3.05, 3.63) is 29.3 Å². The Kier molecular flexibility index (Phi) is 8.73. The van der Waals surface area contributed by atoms with E-state index in [1.54, 1.807) is 0 Å². The van der Waals surface area contributed by atoms with E-state index in [2.05, 4.69) is 16.0 Å². The third-order valence-corrected chi connectivity index (χ3v) is 7.00. The lowest BCUT2D eigenvalue weighted by atomic mass is 9.94. The third kappa shape index (κ3) is 6.54. The molecule has 2 aliphatic rings. The molecule has 37 heavy (non-hydrogen) atoms. The number of carbonyl (C=O) groups excluding carboxylic acids is 4. The Morgan fingerprint density at radius 1 is 1.22 bits per heavy atom. The van der Waals surface area contributed by atoms with Crippen LogP contribution in [0.5, 0.6) is 0 Å². The van der Waals surface area contributed by atoms with Crippen molar-refractivity contribution in [2.24, 2.45) is 5.92 Å². The number of rotatable bonds is 10. The Balaban J connectivity index is 1.88. The molecule has 0 fully saturated rings. The van der Waals surface area contributed by atoms with Crippen molar-refractivity contribution in [2.75, 3.05) is 4.90 Å². The molecule has 0 spiro atoms. The van der Waals surface area contributed by atoms with E-state index in [9.17, 15) is 24.0 Å². The van der Waals surface area contributed by atoms with Crippen molar-refractivity contribution in [1.29, 1.82) is 0 Å². The Morgan fingerprint density at radius 2 is 1.89 bits per heavy atom. The number of hydrogen-bond acceptors (Lipinski definition) is 6. The molecule has 3 rings (SSSR count). The zero-order valence-corrected chi connectivity index (χ0v) is 22.2. The van der Waals surface area contributed by atoms with Crippen molar-refractivity contribution in [3.63, 3.8) is 0 Å². The van der Waals surface area contributed by atoms with Crippen LogP contribution in [0.2, 0.25) is 0 Å². The molecule has 0 radical (unpaired) electrons. The number of nitrogens with zero attached hydrogens (tertiary/aromatic N) is 1. The molecule has 5 atom stereocenters. The number of anilines is 1. The van der Waals surface area contributed by atoms with Crippen molar-refractivity contribution < 1.29 is 29.1 Å². The molecular weight excluding hydrogens is 476 g/mol. The largest absolute Gasteiger partial charge is 0.481 e. The van der Waals surface area contributed by atoms with Crippen LogP contribution in [0, 0.1) is 5.92 Å². The summed E-state index contributed by atoms with van der Waals surface area (Å²) in [5, 5.41) is 17.8. The van der Waals surface area contributed by atoms with Crippen LogP contribution in [0.1, 0.15) is 65.0 Å². The molecule has 0 saturated carbocycles. The predicted molar refractivity (Wildman–Crippen MR) is 138 cm³/mol. The number of hydrogen-bond donors (Lipinski definition) is 4. The average Bonchev–Trinajstić information content (AvgIpc) is 3.16. The third-order valence-electron chi connectivity index (χ3n) is 7.00. The van der Waals surface area contributed by atoms with Gasteiger partial charge in [0.15, 0.2) is 0 Å². The molecular formula is C27H38N4O6. The second-order valence-corrected chi connectivity index (χ2v) is 11.1. The van der Waals surface area contributed by atoms with Gasteiger partial charge in [0.2, 0.25) is 17.7 Å². The van der Waals surface area contributed by atoms with Crippen molar-refractivity contribution >= 4 is 35.7 Å². The van der Waals surface area contributed by atoms with E-state index >= 15 is 0 Å². The van der Waals surface area contributed by atoms with E-state index in [0.29, 0.717) is 24.8 Å². The van der Waals surface area contributed by atoms with Gasteiger partial charge in [-0.1, -0.05) is 38.5 Å². The van der Waals surface area contributed by atoms with Gasteiger partial charge >= 0.3 is 5.97 Å². The summed E-state index contributed by atoms with van der Waals surface area (Å²) in [6, 6.07) is 2.15. The highest BCUT2D eigenvalue weighted by Gasteiger charge is 2.45. The minimum Gasteiger partial charge on any atom is -0.481 e. The lowest BCUT2D eigenvalue weighted by molar-refractivity contribution is -0.139. The average molecular weight is 515 g/mol. The quantitative estimate of drug-likeness (QED) is 0.345. The van der Waals surface area contributed by atoms with E-state index in [0.717, 1.165) is 17.5 Å². The Labute approximate surface area is 217 Å². The molecule has 0 saturated heterocycles. The molecule has 4 N–H and O–H groups in total. The molecule has 0 aliphatic carbocycles. The Bertz CT molecular complexity index is 1070. The van der Waals surface area contributed by atoms with Crippen LogP contribution < -0.4 is 20.9 Å². The second-order valence-electron chi connectivity index (χ2n) is 11.1. The SMILES string of the molecule is CC[C@H](C)[C@H](NC(C)(C)C)C(=O)NC1CCc2cccc3c2N(C1=O)[C@H](C(=O)N[C@H](C=O)CC(=O)O)C3. The fourth-order valence-electron chi connectivity index (χ4n) is 5.00. The van der Waals surface area contributed by atoms with Gasteiger partial charge in [-0.3, -0.25) is 24.1 Å². The van der Waals surface area contributed by atoms with Crippen molar-refractivity contribution in [1.82, 2.24) is 16.0 Å². The van der Waals surface area contributed by atoms with Gasteiger partial charge in [0.25, 0.3) is 0 Å². The molecule has 1 aromatic carbocycles. The normalized spacial score (nSPS) is 21.3. The maximum atomic E-state index is 13.9. The van der Waals surface area contributed by atoms with Crippen LogP contribution in [0.4, 0.5) is 5.69 Å². The summed E-state index contributed by atoms with van der Waals surface area (Å²) < 4.78 is 0. The zero-order valence-electron chi connectivity index (χ0n) is 22.2. The molecule has 1 unspecified atom stereocenters. The molecule has 2 aliphatic heterocycles. The Hall–Kier alpha value is -3.27. The number of para-hydroxylation sites is 1. The van der Waals surface area contributed by atoms with Crippen LogP contribution in [0.25, 0.3) is 0 Å². The number of benzene rings is 1. The van der Waals surface area contributed by atoms with Gasteiger partial charge in [-0.25, -0.2) is 0 Å². The smallest absolute Gasteiger partial charge is 0.305 e. The lowest BCUT2D eigenvalue weighted by Crippen LogP contribution is -2.60. The summed E-state index contributed by atoms with van der Waals surface area (Å²) >= 11 is 0. The van der Waals surface area contributed by atoms with Crippen LogP contribution in [0.15, 0.2) is 18.2 Å². The van der Waals surface area contributed by atoms with Crippen molar-refractivity contribution in [2.45, 2.75) is 96.4 Å². The zero-order chi connectivity index (χ0) is 27.5. The van der Waals surface area contributed by atoms with Gasteiger partial charge in [0.1, 0.15) is 18.4 Å². The maximum Gasteiger partial charge on any atom is 0.305 e.